The van der Waals surface area contributed by atoms with Gasteiger partial charge in [-0.25, -0.2) is 4.39 Å². The summed E-state index contributed by atoms with van der Waals surface area (Å²) in [6.45, 7) is 1.69. The summed E-state index contributed by atoms with van der Waals surface area (Å²) < 4.78 is 18.2. The normalized spacial score (nSPS) is 10.0. The molecule has 0 aliphatic carbocycles. The first-order valence-corrected chi connectivity index (χ1v) is 6.32. The van der Waals surface area contributed by atoms with Crippen LogP contribution in [0.15, 0.2) is 42.5 Å². The van der Waals surface area contributed by atoms with Gasteiger partial charge in [0.15, 0.2) is 12.9 Å². The van der Waals surface area contributed by atoms with E-state index in [1.807, 2.05) is 19.1 Å². The molecule has 1 N–H and O–H groups in total. The molecular formula is C16H14FNO3. The van der Waals surface area contributed by atoms with Crippen LogP contribution >= 0.6 is 0 Å². The molecule has 108 valence electrons. The van der Waals surface area contributed by atoms with Crippen LogP contribution in [-0.4, -0.2) is 18.8 Å². The molecule has 0 fully saturated rings. The van der Waals surface area contributed by atoms with E-state index in [1.165, 1.54) is 12.1 Å². The van der Waals surface area contributed by atoms with E-state index in [4.69, 9.17) is 4.74 Å². The molecule has 2 aromatic carbocycles. The molecule has 4 nitrogen and oxygen atoms in total. The number of benzene rings is 2. The molecule has 0 atom stereocenters. The number of nitrogens with one attached hydrogen (secondary N) is 1. The van der Waals surface area contributed by atoms with E-state index < -0.39 is 5.82 Å². The Morgan fingerprint density at radius 2 is 1.95 bits per heavy atom. The highest BCUT2D eigenvalue weighted by molar-refractivity contribution is 5.92. The van der Waals surface area contributed by atoms with Crippen molar-refractivity contribution in [3.8, 4) is 5.75 Å². The van der Waals surface area contributed by atoms with E-state index in [9.17, 15) is 14.0 Å². The summed E-state index contributed by atoms with van der Waals surface area (Å²) in [5.41, 5.74) is 1.81. The number of aryl methyl sites for hydroxylation is 1. The molecule has 2 rings (SSSR count). The van der Waals surface area contributed by atoms with E-state index in [1.54, 1.807) is 12.1 Å². The molecule has 0 radical (unpaired) electrons. The SMILES string of the molecule is Cc1ccc(NC(=O)COc2ccc(F)cc2C=O)cc1. The van der Waals surface area contributed by atoms with Crippen molar-refractivity contribution in [2.45, 2.75) is 6.92 Å². The van der Waals surface area contributed by atoms with Gasteiger partial charge in [0, 0.05) is 5.69 Å². The minimum absolute atomic E-state index is 0.0677. The maximum absolute atomic E-state index is 13.0. The monoisotopic (exact) mass is 287 g/mol. The molecular weight excluding hydrogens is 273 g/mol. The standard InChI is InChI=1S/C16H14FNO3/c1-11-2-5-14(6-3-11)18-16(20)10-21-15-7-4-13(17)8-12(15)9-19/h2-9H,10H2,1H3,(H,18,20). The second kappa shape index (κ2) is 6.65. The lowest BCUT2D eigenvalue weighted by molar-refractivity contribution is -0.118. The fourth-order valence-electron chi connectivity index (χ4n) is 1.72. The van der Waals surface area contributed by atoms with Crippen LogP contribution < -0.4 is 10.1 Å². The highest BCUT2D eigenvalue weighted by Crippen LogP contribution is 2.18. The third kappa shape index (κ3) is 4.14. The average Bonchev–Trinajstić information content (AvgIpc) is 2.48. The smallest absolute Gasteiger partial charge is 0.262 e. The summed E-state index contributed by atoms with van der Waals surface area (Å²) in [5.74, 6) is -0.723. The molecule has 0 unspecified atom stereocenters. The van der Waals surface area contributed by atoms with Crippen LogP contribution in [0.1, 0.15) is 15.9 Å². The fourth-order valence-corrected chi connectivity index (χ4v) is 1.72. The third-order valence-corrected chi connectivity index (χ3v) is 2.79. The number of carbonyl (C=O) groups is 2. The first kappa shape index (κ1) is 14.7. The summed E-state index contributed by atoms with van der Waals surface area (Å²) >= 11 is 0. The zero-order valence-corrected chi connectivity index (χ0v) is 11.4. The lowest BCUT2D eigenvalue weighted by Gasteiger charge is -2.09. The van der Waals surface area contributed by atoms with Crippen LogP contribution in [-0.2, 0) is 4.79 Å². The minimum Gasteiger partial charge on any atom is -0.483 e. The Kier molecular flexibility index (Phi) is 4.66. The molecule has 0 spiro atoms. The van der Waals surface area contributed by atoms with Gasteiger partial charge in [-0.15, -0.1) is 0 Å². The van der Waals surface area contributed by atoms with Gasteiger partial charge in [0.2, 0.25) is 0 Å². The number of anilines is 1. The van der Waals surface area contributed by atoms with Crippen LogP contribution in [0.4, 0.5) is 10.1 Å². The number of amides is 1. The van der Waals surface area contributed by atoms with Crippen LogP contribution in [0.2, 0.25) is 0 Å². The van der Waals surface area contributed by atoms with Crippen molar-refractivity contribution >= 4 is 17.9 Å². The number of rotatable bonds is 5. The van der Waals surface area contributed by atoms with Gasteiger partial charge >= 0.3 is 0 Å². The summed E-state index contributed by atoms with van der Waals surface area (Å²) in [7, 11) is 0. The van der Waals surface area contributed by atoms with Crippen LogP contribution in [0.5, 0.6) is 5.75 Å². The van der Waals surface area contributed by atoms with E-state index >= 15 is 0 Å². The zero-order chi connectivity index (χ0) is 15.2. The van der Waals surface area contributed by atoms with Crippen LogP contribution in [0.3, 0.4) is 0 Å². The van der Waals surface area contributed by atoms with Crippen LogP contribution in [0, 0.1) is 12.7 Å². The Morgan fingerprint density at radius 1 is 1.24 bits per heavy atom. The summed E-state index contributed by atoms with van der Waals surface area (Å²) in [6, 6.07) is 10.9. The lowest BCUT2D eigenvalue weighted by Crippen LogP contribution is -2.20. The molecule has 21 heavy (non-hydrogen) atoms. The predicted octanol–water partition coefficient (Wildman–Crippen LogP) is 2.96. The van der Waals surface area contributed by atoms with Gasteiger partial charge in [0.1, 0.15) is 11.6 Å². The van der Waals surface area contributed by atoms with Crippen molar-refractivity contribution in [2.75, 3.05) is 11.9 Å². The van der Waals surface area contributed by atoms with E-state index in [0.717, 1.165) is 11.6 Å². The third-order valence-electron chi connectivity index (χ3n) is 2.79. The summed E-state index contributed by atoms with van der Waals surface area (Å²) in [4.78, 5) is 22.5. The predicted molar refractivity (Wildman–Crippen MR) is 77.1 cm³/mol. The maximum Gasteiger partial charge on any atom is 0.262 e. The first-order chi connectivity index (χ1) is 10.1. The fraction of sp³-hybridized carbons (Fsp3) is 0.125. The number of hydrogen-bond acceptors (Lipinski definition) is 3. The lowest BCUT2D eigenvalue weighted by atomic mass is 10.2. The van der Waals surface area contributed by atoms with Crippen molar-refractivity contribution in [2.24, 2.45) is 0 Å². The van der Waals surface area contributed by atoms with Crippen molar-refractivity contribution in [1.29, 1.82) is 0 Å². The minimum atomic E-state index is -0.534. The van der Waals surface area contributed by atoms with Gasteiger partial charge in [0.25, 0.3) is 5.91 Å². The van der Waals surface area contributed by atoms with E-state index in [-0.39, 0.29) is 23.8 Å². The largest absolute Gasteiger partial charge is 0.483 e. The Hall–Kier alpha value is -2.69. The van der Waals surface area contributed by atoms with E-state index in [0.29, 0.717) is 12.0 Å². The van der Waals surface area contributed by atoms with Crippen molar-refractivity contribution in [3.63, 3.8) is 0 Å². The molecule has 0 bridgehead atoms. The second-order valence-corrected chi connectivity index (χ2v) is 4.50. The molecule has 1 amide bonds. The molecule has 5 heteroatoms. The molecule has 0 aromatic heterocycles. The average molecular weight is 287 g/mol. The van der Waals surface area contributed by atoms with E-state index in [2.05, 4.69) is 5.32 Å². The van der Waals surface area contributed by atoms with Gasteiger partial charge in [0.05, 0.1) is 5.56 Å². The number of hydrogen-bond donors (Lipinski definition) is 1. The van der Waals surface area contributed by atoms with Crippen molar-refractivity contribution < 1.29 is 18.7 Å². The number of aldehydes is 1. The summed E-state index contributed by atoms with van der Waals surface area (Å²) in [5, 5.41) is 2.66. The second-order valence-electron chi connectivity index (χ2n) is 4.50. The van der Waals surface area contributed by atoms with Crippen molar-refractivity contribution in [1.82, 2.24) is 0 Å². The van der Waals surface area contributed by atoms with Crippen LogP contribution in [0.25, 0.3) is 0 Å². The molecule has 2 aromatic rings. The maximum atomic E-state index is 13.0. The Bertz CT molecular complexity index is 653. The van der Waals surface area contributed by atoms with Gasteiger partial charge in [-0.1, -0.05) is 17.7 Å². The Morgan fingerprint density at radius 3 is 2.62 bits per heavy atom. The molecule has 0 saturated carbocycles. The number of ether oxygens (including phenoxy) is 1. The molecule has 0 saturated heterocycles. The number of halogens is 1. The summed E-state index contributed by atoms with van der Waals surface area (Å²) in [6.07, 6.45) is 0.482. The molecule has 0 aliphatic rings. The zero-order valence-electron chi connectivity index (χ0n) is 11.4. The molecule has 0 aliphatic heterocycles. The Labute approximate surface area is 121 Å². The quantitative estimate of drug-likeness (QED) is 0.860. The van der Waals surface area contributed by atoms with Gasteiger partial charge in [-0.3, -0.25) is 9.59 Å². The van der Waals surface area contributed by atoms with Gasteiger partial charge in [-0.2, -0.15) is 0 Å². The number of carbonyl (C=O) groups excluding carboxylic acids is 2. The Balaban J connectivity index is 1.95. The van der Waals surface area contributed by atoms with Gasteiger partial charge in [-0.05, 0) is 37.3 Å². The topological polar surface area (TPSA) is 55.4 Å². The molecule has 0 heterocycles. The first-order valence-electron chi connectivity index (χ1n) is 6.32. The highest BCUT2D eigenvalue weighted by atomic mass is 19.1. The van der Waals surface area contributed by atoms with Gasteiger partial charge < -0.3 is 10.1 Å². The highest BCUT2D eigenvalue weighted by Gasteiger charge is 2.08. The van der Waals surface area contributed by atoms with Crippen molar-refractivity contribution in [3.05, 3.63) is 59.4 Å².